The monoisotopic (exact) mass is 208 g/mol. The van der Waals surface area contributed by atoms with Crippen LogP contribution in [0.1, 0.15) is 24.5 Å². The molecule has 72 valence electrons. The van der Waals surface area contributed by atoms with Gasteiger partial charge in [-0.15, -0.1) is 0 Å². The van der Waals surface area contributed by atoms with Crippen LogP contribution in [0.3, 0.4) is 0 Å². The Morgan fingerprint density at radius 3 is 3.00 bits per heavy atom. The van der Waals surface area contributed by atoms with Gasteiger partial charge in [0.25, 0.3) is 0 Å². The number of anilines is 1. The van der Waals surface area contributed by atoms with Crippen molar-refractivity contribution in [2.75, 3.05) is 5.73 Å². The van der Waals surface area contributed by atoms with E-state index in [4.69, 9.17) is 17.3 Å². The number of hydrogen-bond acceptors (Lipinski definition) is 3. The van der Waals surface area contributed by atoms with Crippen LogP contribution in [-0.4, -0.2) is 14.6 Å². The molecule has 0 amide bonds. The molecule has 0 spiro atoms. The van der Waals surface area contributed by atoms with E-state index in [2.05, 4.69) is 10.1 Å². The van der Waals surface area contributed by atoms with Gasteiger partial charge in [-0.1, -0.05) is 11.6 Å². The fourth-order valence-electron chi connectivity index (χ4n) is 1.56. The summed E-state index contributed by atoms with van der Waals surface area (Å²) >= 11 is 6.16. The molecule has 1 fully saturated rings. The molecule has 1 aliphatic rings. The molecule has 1 saturated carbocycles. The lowest BCUT2D eigenvalue weighted by molar-refractivity contribution is 0.883. The van der Waals surface area contributed by atoms with Crippen LogP contribution in [0.15, 0.2) is 12.4 Å². The molecule has 0 radical (unpaired) electrons. The average molecular weight is 209 g/mol. The maximum Gasteiger partial charge on any atom is 0.174 e. The van der Waals surface area contributed by atoms with Gasteiger partial charge < -0.3 is 5.73 Å². The first-order chi connectivity index (χ1) is 6.75. The molecule has 14 heavy (non-hydrogen) atoms. The largest absolute Gasteiger partial charge is 0.396 e. The predicted molar refractivity (Wildman–Crippen MR) is 54.4 cm³/mol. The molecule has 0 aromatic carbocycles. The highest BCUT2D eigenvalue weighted by Crippen LogP contribution is 2.43. The first-order valence-electron chi connectivity index (χ1n) is 4.55. The Bertz CT molecular complexity index is 501. The van der Waals surface area contributed by atoms with E-state index in [1.807, 2.05) is 0 Å². The Balaban J connectivity index is 2.28. The standard InChI is InChI=1S/C9H9ClN4/c10-7-8(5-1-2-5)13-14-4-6(11)3-12-9(7)14/h3-5H,1-2,11H2. The predicted octanol–water partition coefficient (Wildman–Crippen LogP) is 1.84. The summed E-state index contributed by atoms with van der Waals surface area (Å²) in [5.74, 6) is 0.533. The van der Waals surface area contributed by atoms with Crippen LogP contribution in [0.5, 0.6) is 0 Å². The summed E-state index contributed by atoms with van der Waals surface area (Å²) in [7, 11) is 0. The summed E-state index contributed by atoms with van der Waals surface area (Å²) in [4.78, 5) is 4.15. The van der Waals surface area contributed by atoms with E-state index in [1.165, 1.54) is 12.8 Å². The summed E-state index contributed by atoms with van der Waals surface area (Å²) in [6, 6.07) is 0. The summed E-state index contributed by atoms with van der Waals surface area (Å²) in [6.07, 6.45) is 5.69. The zero-order chi connectivity index (χ0) is 9.71. The molecule has 2 heterocycles. The quantitative estimate of drug-likeness (QED) is 0.778. The van der Waals surface area contributed by atoms with Crippen LogP contribution in [0.2, 0.25) is 5.02 Å². The molecule has 0 aliphatic heterocycles. The van der Waals surface area contributed by atoms with Crippen LogP contribution in [-0.2, 0) is 0 Å². The molecule has 2 N–H and O–H groups in total. The fraction of sp³-hybridized carbons (Fsp3) is 0.333. The minimum absolute atomic E-state index is 0.533. The number of aromatic nitrogens is 3. The molecule has 0 bridgehead atoms. The molecule has 4 nitrogen and oxygen atoms in total. The Kier molecular flexibility index (Phi) is 1.50. The van der Waals surface area contributed by atoms with E-state index in [9.17, 15) is 0 Å². The van der Waals surface area contributed by atoms with Gasteiger partial charge in [0.05, 0.1) is 23.8 Å². The van der Waals surface area contributed by atoms with Crippen LogP contribution in [0.4, 0.5) is 5.69 Å². The zero-order valence-corrected chi connectivity index (χ0v) is 8.20. The van der Waals surface area contributed by atoms with Crippen molar-refractivity contribution in [2.45, 2.75) is 18.8 Å². The van der Waals surface area contributed by atoms with E-state index in [0.717, 1.165) is 5.69 Å². The SMILES string of the molecule is Nc1cnc2c(Cl)c(C3CC3)nn2c1. The minimum Gasteiger partial charge on any atom is -0.396 e. The Morgan fingerprint density at radius 1 is 1.50 bits per heavy atom. The van der Waals surface area contributed by atoms with Crippen molar-refractivity contribution in [3.63, 3.8) is 0 Å². The normalized spacial score (nSPS) is 16.4. The first kappa shape index (κ1) is 8.05. The van der Waals surface area contributed by atoms with Crippen LogP contribution in [0, 0.1) is 0 Å². The maximum absolute atomic E-state index is 6.16. The molecule has 2 aromatic rings. The van der Waals surface area contributed by atoms with Crippen molar-refractivity contribution in [3.05, 3.63) is 23.1 Å². The highest BCUT2D eigenvalue weighted by Gasteiger charge is 2.30. The fourth-order valence-corrected chi connectivity index (χ4v) is 1.88. The number of nitrogen functional groups attached to an aromatic ring is 1. The molecule has 2 aromatic heterocycles. The van der Waals surface area contributed by atoms with Crippen LogP contribution in [0.25, 0.3) is 5.65 Å². The second kappa shape index (κ2) is 2.60. The Labute approximate surface area is 85.7 Å². The van der Waals surface area contributed by atoms with Crippen molar-refractivity contribution in [3.8, 4) is 0 Å². The van der Waals surface area contributed by atoms with Crippen molar-refractivity contribution in [1.29, 1.82) is 0 Å². The van der Waals surface area contributed by atoms with E-state index < -0.39 is 0 Å². The highest BCUT2D eigenvalue weighted by atomic mass is 35.5. The number of halogens is 1. The lowest BCUT2D eigenvalue weighted by atomic mass is 10.3. The lowest BCUT2D eigenvalue weighted by Gasteiger charge is -1.92. The third-order valence-corrected chi connectivity index (χ3v) is 2.79. The number of hydrogen-bond donors (Lipinski definition) is 1. The smallest absolute Gasteiger partial charge is 0.174 e. The molecule has 1 aliphatic carbocycles. The molecule has 3 rings (SSSR count). The van der Waals surface area contributed by atoms with Crippen molar-refractivity contribution >= 4 is 22.9 Å². The Hall–Kier alpha value is -1.29. The number of nitrogens with zero attached hydrogens (tertiary/aromatic N) is 3. The van der Waals surface area contributed by atoms with Gasteiger partial charge in [0.1, 0.15) is 5.02 Å². The lowest BCUT2D eigenvalue weighted by Crippen LogP contribution is -1.94. The van der Waals surface area contributed by atoms with Crippen LogP contribution >= 0.6 is 11.6 Å². The van der Waals surface area contributed by atoms with Gasteiger partial charge >= 0.3 is 0 Å². The average Bonchev–Trinajstić information content (AvgIpc) is 2.93. The number of fused-ring (bicyclic) bond motifs is 1. The zero-order valence-electron chi connectivity index (χ0n) is 7.44. The molecule has 0 unspecified atom stereocenters. The van der Waals surface area contributed by atoms with E-state index in [-0.39, 0.29) is 0 Å². The number of rotatable bonds is 1. The van der Waals surface area contributed by atoms with Gasteiger partial charge in [-0.25, -0.2) is 9.50 Å². The third-order valence-electron chi connectivity index (χ3n) is 2.42. The van der Waals surface area contributed by atoms with Gasteiger partial charge in [-0.3, -0.25) is 0 Å². The van der Waals surface area contributed by atoms with Gasteiger partial charge in [-0.05, 0) is 12.8 Å². The minimum atomic E-state index is 0.533. The van der Waals surface area contributed by atoms with Crippen molar-refractivity contribution < 1.29 is 0 Å². The van der Waals surface area contributed by atoms with Gasteiger partial charge in [-0.2, -0.15) is 5.10 Å². The second-order valence-corrected chi connectivity index (χ2v) is 4.01. The van der Waals surface area contributed by atoms with E-state index in [1.54, 1.807) is 16.9 Å². The van der Waals surface area contributed by atoms with Crippen LogP contribution < -0.4 is 5.73 Å². The third kappa shape index (κ3) is 1.07. The first-order valence-corrected chi connectivity index (χ1v) is 4.93. The van der Waals surface area contributed by atoms with Gasteiger partial charge in [0, 0.05) is 5.92 Å². The van der Waals surface area contributed by atoms with Gasteiger partial charge in [0.15, 0.2) is 5.65 Å². The molecule has 0 saturated heterocycles. The number of nitrogens with two attached hydrogens (primary N) is 1. The molecular weight excluding hydrogens is 200 g/mol. The topological polar surface area (TPSA) is 56.2 Å². The maximum atomic E-state index is 6.16. The van der Waals surface area contributed by atoms with Crippen molar-refractivity contribution in [1.82, 2.24) is 14.6 Å². The summed E-state index contributed by atoms with van der Waals surface area (Å²) in [5.41, 5.74) is 7.86. The van der Waals surface area contributed by atoms with E-state index in [0.29, 0.717) is 22.3 Å². The van der Waals surface area contributed by atoms with Crippen molar-refractivity contribution in [2.24, 2.45) is 0 Å². The summed E-state index contributed by atoms with van der Waals surface area (Å²) in [6.45, 7) is 0. The molecular formula is C9H9ClN4. The van der Waals surface area contributed by atoms with Gasteiger partial charge in [0.2, 0.25) is 0 Å². The highest BCUT2D eigenvalue weighted by molar-refractivity contribution is 6.34. The molecule has 5 heteroatoms. The Morgan fingerprint density at radius 2 is 2.29 bits per heavy atom. The summed E-state index contributed by atoms with van der Waals surface area (Å²) in [5, 5.41) is 5.05. The second-order valence-electron chi connectivity index (χ2n) is 3.63. The molecule has 0 atom stereocenters. The van der Waals surface area contributed by atoms with E-state index >= 15 is 0 Å². The summed E-state index contributed by atoms with van der Waals surface area (Å²) < 4.78 is 1.66.